The monoisotopic (exact) mass is 383 g/mol. The van der Waals surface area contributed by atoms with E-state index in [1.54, 1.807) is 0 Å². The third-order valence-corrected chi connectivity index (χ3v) is 4.23. The minimum atomic E-state index is -1.64. The van der Waals surface area contributed by atoms with Crippen LogP contribution >= 0.6 is 0 Å². The summed E-state index contributed by atoms with van der Waals surface area (Å²) >= 11 is 0. The molecule has 0 spiro atoms. The zero-order valence-corrected chi connectivity index (χ0v) is 13.7. The molecule has 2 rings (SSSR count). The molecule has 27 heavy (non-hydrogen) atoms. The summed E-state index contributed by atoms with van der Waals surface area (Å²) in [5.74, 6) is -0.0602. The fraction of sp³-hybridized carbons (Fsp3) is 0.833. The molecule has 8 atom stereocenters. The first-order chi connectivity index (χ1) is 13.0. The number of nitrogens with zero attached hydrogens (tertiary/aromatic N) is 9. The lowest BCUT2D eigenvalue weighted by molar-refractivity contribution is -0.225. The highest BCUT2D eigenvalue weighted by molar-refractivity contribution is 5.08. The molecule has 0 bridgehead atoms. The fourth-order valence-electron chi connectivity index (χ4n) is 2.95. The molecule has 0 aromatic carbocycles. The van der Waals surface area contributed by atoms with Gasteiger partial charge in [0.15, 0.2) is 0 Å². The van der Waals surface area contributed by atoms with Gasteiger partial charge < -0.3 is 29.9 Å². The molecule has 1 fully saturated rings. The first-order valence-corrected chi connectivity index (χ1v) is 7.77. The van der Waals surface area contributed by atoms with Crippen LogP contribution < -0.4 is 0 Å². The minimum Gasteiger partial charge on any atom is -0.466 e. The maximum Gasteiger partial charge on any atom is 0.211 e. The maximum absolute atomic E-state index is 10.3. The van der Waals surface area contributed by atoms with Gasteiger partial charge >= 0.3 is 0 Å². The molecule has 15 heteroatoms. The summed E-state index contributed by atoms with van der Waals surface area (Å²) in [5, 5.41) is 49.9. The predicted molar refractivity (Wildman–Crippen MR) is 86.4 cm³/mol. The molecule has 15 nitrogen and oxygen atoms in total. The van der Waals surface area contributed by atoms with Crippen LogP contribution in [0.25, 0.3) is 31.3 Å². The molecule has 4 N–H and O–H groups in total. The Morgan fingerprint density at radius 3 is 2.26 bits per heavy atom. The number of azide groups is 3. The van der Waals surface area contributed by atoms with Crippen LogP contribution in [-0.2, 0) is 9.47 Å². The van der Waals surface area contributed by atoms with Crippen LogP contribution in [0.5, 0.6) is 0 Å². The highest BCUT2D eigenvalue weighted by atomic mass is 16.7. The van der Waals surface area contributed by atoms with E-state index in [-0.39, 0.29) is 12.2 Å². The third kappa shape index (κ3) is 4.52. The molecule has 0 saturated heterocycles. The van der Waals surface area contributed by atoms with Crippen LogP contribution in [0.2, 0.25) is 0 Å². The first-order valence-electron chi connectivity index (χ1n) is 7.77. The topological polar surface area (TPSA) is 246 Å². The Hall–Kier alpha value is -2.73. The third-order valence-electron chi connectivity index (χ3n) is 4.23. The molecule has 0 amide bonds. The lowest BCUT2D eigenvalue weighted by Crippen LogP contribution is -2.58. The van der Waals surface area contributed by atoms with Crippen LogP contribution in [0, 0.1) is 0 Å². The second-order valence-corrected chi connectivity index (χ2v) is 5.83. The van der Waals surface area contributed by atoms with Crippen LogP contribution in [0.15, 0.2) is 27.2 Å². The number of rotatable bonds is 6. The van der Waals surface area contributed by atoms with E-state index in [0.717, 1.165) is 6.08 Å². The Bertz CT molecular complexity index is 714. The molecule has 1 aliphatic heterocycles. The maximum atomic E-state index is 10.3. The average Bonchev–Trinajstić information content (AvgIpc) is 2.65. The van der Waals surface area contributed by atoms with Crippen molar-refractivity contribution in [2.75, 3.05) is 6.61 Å². The van der Waals surface area contributed by atoms with Crippen molar-refractivity contribution in [3.8, 4) is 0 Å². The summed E-state index contributed by atoms with van der Waals surface area (Å²) in [6, 6.07) is -3.38. The van der Waals surface area contributed by atoms with Gasteiger partial charge in [0.1, 0.15) is 24.5 Å². The number of ether oxygens (including phenoxy) is 2. The number of hydrogen-bond acceptors (Lipinski definition) is 9. The Labute approximate surface area is 151 Å². The van der Waals surface area contributed by atoms with E-state index < -0.39 is 55.4 Å². The Morgan fingerprint density at radius 2 is 1.67 bits per heavy atom. The molecular weight excluding hydrogens is 366 g/mol. The standard InChI is InChI=1S/C12H17N9O6/c13-19-16-5-2-6(17-20-14)11(10(25)9(5)24)27-12-8(18-21-15)7(23)1-4(3-22)26-12/h1,5-12,22-25H,2-3H2/t5-,6?,7?,8+,9?,10-,11-,12-/m1/s1. The summed E-state index contributed by atoms with van der Waals surface area (Å²) in [6.45, 7) is -0.575. The van der Waals surface area contributed by atoms with Gasteiger partial charge in [0.25, 0.3) is 0 Å². The van der Waals surface area contributed by atoms with Gasteiger partial charge in [-0.2, -0.15) is 0 Å². The quantitative estimate of drug-likeness (QED) is 0.281. The molecule has 2 aliphatic rings. The van der Waals surface area contributed by atoms with Crippen molar-refractivity contribution < 1.29 is 29.9 Å². The van der Waals surface area contributed by atoms with E-state index >= 15 is 0 Å². The second-order valence-electron chi connectivity index (χ2n) is 5.83. The number of aliphatic hydroxyl groups is 4. The van der Waals surface area contributed by atoms with Gasteiger partial charge in [-0.15, -0.1) is 0 Å². The van der Waals surface area contributed by atoms with Gasteiger partial charge in [0, 0.05) is 14.7 Å². The molecule has 1 heterocycles. The van der Waals surface area contributed by atoms with Gasteiger partial charge in [0.05, 0.1) is 30.4 Å². The molecule has 3 unspecified atom stereocenters. The molecular formula is C12H17N9O6. The smallest absolute Gasteiger partial charge is 0.211 e. The van der Waals surface area contributed by atoms with Crippen molar-refractivity contribution in [3.63, 3.8) is 0 Å². The van der Waals surface area contributed by atoms with Crippen LogP contribution in [0.1, 0.15) is 6.42 Å². The number of hydrogen-bond donors (Lipinski definition) is 4. The summed E-state index contributed by atoms with van der Waals surface area (Å²) in [7, 11) is 0. The zero-order valence-electron chi connectivity index (χ0n) is 13.7. The van der Waals surface area contributed by atoms with Crippen molar-refractivity contribution in [2.45, 2.75) is 55.3 Å². The van der Waals surface area contributed by atoms with E-state index in [0.29, 0.717) is 0 Å². The molecule has 1 saturated carbocycles. The van der Waals surface area contributed by atoms with E-state index in [4.69, 9.17) is 26.1 Å². The van der Waals surface area contributed by atoms with E-state index in [2.05, 4.69) is 30.1 Å². The lowest BCUT2D eigenvalue weighted by Gasteiger charge is -2.42. The summed E-state index contributed by atoms with van der Waals surface area (Å²) in [4.78, 5) is 7.82. The molecule has 1 aliphatic carbocycles. The SMILES string of the molecule is [N-]=[N+]=NC1C[C@@H](N=[N+]=[N-])C(O)[C@@H](O)[C@@H]1O[C@H]1OC(CO)=CC(O)[C@@H]1N=[N+]=[N-]. The first kappa shape index (κ1) is 20.6. The zero-order chi connectivity index (χ0) is 20.0. The van der Waals surface area contributed by atoms with E-state index in [1.807, 2.05) is 0 Å². The van der Waals surface area contributed by atoms with Crippen molar-refractivity contribution in [1.29, 1.82) is 0 Å². The Balaban J connectivity index is 2.30. The highest BCUT2D eigenvalue weighted by Gasteiger charge is 2.47. The van der Waals surface area contributed by atoms with Crippen molar-refractivity contribution >= 4 is 0 Å². The van der Waals surface area contributed by atoms with E-state index in [1.165, 1.54) is 0 Å². The van der Waals surface area contributed by atoms with Gasteiger partial charge in [-0.25, -0.2) is 0 Å². The molecule has 146 valence electrons. The predicted octanol–water partition coefficient (Wildman–Crippen LogP) is 0.127. The lowest BCUT2D eigenvalue weighted by atomic mass is 9.84. The van der Waals surface area contributed by atoms with Crippen LogP contribution in [0.4, 0.5) is 0 Å². The van der Waals surface area contributed by atoms with Crippen molar-refractivity contribution in [1.82, 2.24) is 0 Å². The van der Waals surface area contributed by atoms with Crippen LogP contribution in [0.3, 0.4) is 0 Å². The molecule has 0 aromatic heterocycles. The molecule has 0 radical (unpaired) electrons. The van der Waals surface area contributed by atoms with Crippen molar-refractivity contribution in [3.05, 3.63) is 43.2 Å². The summed E-state index contributed by atoms with van der Waals surface area (Å²) in [6.07, 6.45) is -6.26. The van der Waals surface area contributed by atoms with Crippen LogP contribution in [-0.4, -0.2) is 75.9 Å². The minimum absolute atomic E-state index is 0.0602. The van der Waals surface area contributed by atoms with Gasteiger partial charge in [-0.05, 0) is 29.1 Å². The Morgan fingerprint density at radius 1 is 1.04 bits per heavy atom. The molecule has 0 aromatic rings. The van der Waals surface area contributed by atoms with Gasteiger partial charge in [0.2, 0.25) is 6.29 Å². The van der Waals surface area contributed by atoms with Gasteiger partial charge in [-0.3, -0.25) is 0 Å². The average molecular weight is 383 g/mol. The fourth-order valence-corrected chi connectivity index (χ4v) is 2.95. The second kappa shape index (κ2) is 9.28. The largest absolute Gasteiger partial charge is 0.466 e. The summed E-state index contributed by atoms with van der Waals surface area (Å²) in [5.41, 5.74) is 26.0. The number of aliphatic hydroxyl groups excluding tert-OH is 4. The highest BCUT2D eigenvalue weighted by Crippen LogP contribution is 2.31. The van der Waals surface area contributed by atoms with Gasteiger partial charge in [-0.1, -0.05) is 15.3 Å². The Kier molecular flexibility index (Phi) is 7.07. The van der Waals surface area contributed by atoms with Crippen molar-refractivity contribution in [2.24, 2.45) is 15.3 Å². The van der Waals surface area contributed by atoms with E-state index in [9.17, 15) is 20.4 Å². The summed E-state index contributed by atoms with van der Waals surface area (Å²) < 4.78 is 10.9. The normalized spacial score (nSPS) is 38.3.